The van der Waals surface area contributed by atoms with Crippen molar-refractivity contribution in [2.24, 2.45) is 0 Å². The van der Waals surface area contributed by atoms with Gasteiger partial charge in [0.15, 0.2) is 0 Å². The van der Waals surface area contributed by atoms with Crippen LogP contribution >= 0.6 is 31.9 Å². The largest absolute Gasteiger partial charge is 0.377 e. The third-order valence-electron chi connectivity index (χ3n) is 2.40. The molecule has 0 saturated heterocycles. The van der Waals surface area contributed by atoms with Crippen LogP contribution in [-0.4, -0.2) is 24.2 Å². The maximum atomic E-state index is 5.71. The minimum Gasteiger partial charge on any atom is -0.377 e. The lowest BCUT2D eigenvalue weighted by atomic mass is 10.2. The molecule has 102 valence electrons. The first-order chi connectivity index (χ1) is 8.54. The molecule has 0 aromatic carbocycles. The maximum absolute atomic E-state index is 5.71. The molecule has 0 saturated carbocycles. The smallest absolute Gasteiger partial charge is 0.0744 e. The van der Waals surface area contributed by atoms with Gasteiger partial charge in [0.2, 0.25) is 0 Å². The van der Waals surface area contributed by atoms with Gasteiger partial charge in [-0.25, -0.2) is 0 Å². The van der Waals surface area contributed by atoms with Crippen molar-refractivity contribution in [2.45, 2.75) is 39.3 Å². The highest BCUT2D eigenvalue weighted by molar-refractivity contribution is 9.11. The fraction of sp³-hybridized carbons (Fsp3) is 0.615. The number of rotatable bonds is 7. The molecule has 1 heterocycles. The zero-order valence-electron chi connectivity index (χ0n) is 11.0. The van der Waals surface area contributed by atoms with E-state index in [4.69, 9.17) is 4.74 Å². The predicted octanol–water partition coefficient (Wildman–Crippen LogP) is 4.07. The standard InChI is InChI=1S/C13H20Br2N2O/c1-4-5-16-12(8-18-9(2)3)13-11(15)6-10(14)7-17-13/h6-7,9,12,16H,4-5,8H2,1-3H3. The van der Waals surface area contributed by atoms with Gasteiger partial charge in [-0.05, 0) is 64.7 Å². The van der Waals surface area contributed by atoms with Crippen LogP contribution in [0.2, 0.25) is 0 Å². The summed E-state index contributed by atoms with van der Waals surface area (Å²) in [6, 6.07) is 2.13. The quantitative estimate of drug-likeness (QED) is 0.775. The van der Waals surface area contributed by atoms with Gasteiger partial charge in [0, 0.05) is 15.1 Å². The second-order valence-electron chi connectivity index (χ2n) is 4.41. The van der Waals surface area contributed by atoms with Crippen LogP contribution in [0.4, 0.5) is 0 Å². The molecule has 1 aromatic heterocycles. The normalized spacial score (nSPS) is 13.0. The molecule has 0 aliphatic heterocycles. The molecule has 0 spiro atoms. The van der Waals surface area contributed by atoms with Crippen molar-refractivity contribution in [2.75, 3.05) is 13.2 Å². The number of halogens is 2. The highest BCUT2D eigenvalue weighted by Gasteiger charge is 2.16. The Bertz CT molecular complexity index is 372. The lowest BCUT2D eigenvalue weighted by Gasteiger charge is -2.20. The Morgan fingerprint density at radius 1 is 1.39 bits per heavy atom. The Labute approximate surface area is 126 Å². The van der Waals surface area contributed by atoms with Gasteiger partial charge in [-0.2, -0.15) is 0 Å². The van der Waals surface area contributed by atoms with Crippen molar-refractivity contribution >= 4 is 31.9 Å². The number of nitrogens with zero attached hydrogens (tertiary/aromatic N) is 1. The third-order valence-corrected chi connectivity index (χ3v) is 3.47. The first-order valence-corrected chi connectivity index (χ1v) is 7.79. The fourth-order valence-electron chi connectivity index (χ4n) is 1.52. The van der Waals surface area contributed by atoms with E-state index < -0.39 is 0 Å². The van der Waals surface area contributed by atoms with Crippen LogP contribution in [0.3, 0.4) is 0 Å². The van der Waals surface area contributed by atoms with Gasteiger partial charge in [-0.1, -0.05) is 6.92 Å². The van der Waals surface area contributed by atoms with Gasteiger partial charge in [0.1, 0.15) is 0 Å². The summed E-state index contributed by atoms with van der Waals surface area (Å²) in [4.78, 5) is 4.47. The second-order valence-corrected chi connectivity index (χ2v) is 6.18. The van der Waals surface area contributed by atoms with E-state index in [1.807, 2.05) is 26.1 Å². The van der Waals surface area contributed by atoms with E-state index in [1.165, 1.54) is 0 Å². The van der Waals surface area contributed by atoms with Crippen molar-refractivity contribution < 1.29 is 4.74 Å². The molecular weight excluding hydrogens is 360 g/mol. The predicted molar refractivity (Wildman–Crippen MR) is 81.8 cm³/mol. The molecule has 0 aliphatic rings. The third kappa shape index (κ3) is 5.34. The summed E-state index contributed by atoms with van der Waals surface area (Å²) in [6.07, 6.45) is 3.13. The molecule has 0 amide bonds. The molecule has 0 bridgehead atoms. The number of nitrogens with one attached hydrogen (secondary N) is 1. The zero-order valence-corrected chi connectivity index (χ0v) is 14.2. The van der Waals surface area contributed by atoms with E-state index in [1.54, 1.807) is 0 Å². The number of aromatic nitrogens is 1. The highest BCUT2D eigenvalue weighted by atomic mass is 79.9. The van der Waals surface area contributed by atoms with Crippen molar-refractivity contribution in [1.29, 1.82) is 0 Å². The lowest BCUT2D eigenvalue weighted by Crippen LogP contribution is -2.28. The summed E-state index contributed by atoms with van der Waals surface area (Å²) in [7, 11) is 0. The molecule has 1 rings (SSSR count). The van der Waals surface area contributed by atoms with Gasteiger partial charge >= 0.3 is 0 Å². The van der Waals surface area contributed by atoms with E-state index in [9.17, 15) is 0 Å². The fourth-order valence-corrected chi connectivity index (χ4v) is 2.79. The molecule has 1 atom stereocenters. The van der Waals surface area contributed by atoms with E-state index >= 15 is 0 Å². The van der Waals surface area contributed by atoms with Crippen LogP contribution in [0.25, 0.3) is 0 Å². The van der Waals surface area contributed by atoms with E-state index in [0.29, 0.717) is 6.61 Å². The number of ether oxygens (including phenoxy) is 1. The van der Waals surface area contributed by atoms with Crippen LogP contribution in [0.1, 0.15) is 38.9 Å². The molecule has 0 fully saturated rings. The molecule has 3 nitrogen and oxygen atoms in total. The first kappa shape index (κ1) is 16.1. The Hall–Kier alpha value is 0.0300. The molecule has 5 heteroatoms. The SMILES string of the molecule is CCCNC(COC(C)C)c1ncc(Br)cc1Br. The minimum absolute atomic E-state index is 0.120. The summed E-state index contributed by atoms with van der Waals surface area (Å²) < 4.78 is 7.67. The summed E-state index contributed by atoms with van der Waals surface area (Å²) in [5, 5.41) is 3.47. The van der Waals surface area contributed by atoms with E-state index in [-0.39, 0.29) is 12.1 Å². The highest BCUT2D eigenvalue weighted by Crippen LogP contribution is 2.25. The summed E-state index contributed by atoms with van der Waals surface area (Å²) in [5.41, 5.74) is 0.993. The Morgan fingerprint density at radius 2 is 2.11 bits per heavy atom. The average Bonchev–Trinajstić information content (AvgIpc) is 2.30. The van der Waals surface area contributed by atoms with Gasteiger partial charge in [0.05, 0.1) is 24.4 Å². The Balaban J connectivity index is 2.79. The van der Waals surface area contributed by atoms with Crippen LogP contribution in [0.15, 0.2) is 21.2 Å². The van der Waals surface area contributed by atoms with Crippen molar-refractivity contribution in [3.63, 3.8) is 0 Å². The monoisotopic (exact) mass is 378 g/mol. The van der Waals surface area contributed by atoms with Crippen molar-refractivity contribution in [3.8, 4) is 0 Å². The number of hydrogen-bond acceptors (Lipinski definition) is 3. The molecule has 1 unspecified atom stereocenters. The van der Waals surface area contributed by atoms with E-state index in [2.05, 4.69) is 49.1 Å². The van der Waals surface area contributed by atoms with Gasteiger partial charge < -0.3 is 10.1 Å². The van der Waals surface area contributed by atoms with Gasteiger partial charge in [0.25, 0.3) is 0 Å². The van der Waals surface area contributed by atoms with Crippen LogP contribution in [0.5, 0.6) is 0 Å². The van der Waals surface area contributed by atoms with Crippen LogP contribution in [-0.2, 0) is 4.74 Å². The summed E-state index contributed by atoms with van der Waals surface area (Å²) in [5.74, 6) is 0. The average molecular weight is 380 g/mol. The number of pyridine rings is 1. The first-order valence-electron chi connectivity index (χ1n) is 6.20. The van der Waals surface area contributed by atoms with Gasteiger partial charge in [-0.15, -0.1) is 0 Å². The summed E-state index contributed by atoms with van der Waals surface area (Å²) >= 11 is 6.97. The van der Waals surface area contributed by atoms with Crippen LogP contribution in [0, 0.1) is 0 Å². The lowest BCUT2D eigenvalue weighted by molar-refractivity contribution is 0.0602. The zero-order chi connectivity index (χ0) is 13.5. The minimum atomic E-state index is 0.120. The van der Waals surface area contributed by atoms with Crippen molar-refractivity contribution in [3.05, 3.63) is 26.9 Å². The molecule has 1 N–H and O–H groups in total. The molecule has 0 radical (unpaired) electrons. The van der Waals surface area contributed by atoms with Gasteiger partial charge in [-0.3, -0.25) is 4.98 Å². The molecule has 18 heavy (non-hydrogen) atoms. The molecule has 0 aliphatic carbocycles. The Kier molecular flexibility index (Phi) is 7.37. The number of hydrogen-bond donors (Lipinski definition) is 1. The topological polar surface area (TPSA) is 34.1 Å². The Morgan fingerprint density at radius 3 is 2.67 bits per heavy atom. The van der Waals surface area contributed by atoms with E-state index in [0.717, 1.165) is 27.6 Å². The maximum Gasteiger partial charge on any atom is 0.0744 e. The summed E-state index contributed by atoms with van der Waals surface area (Å²) in [6.45, 7) is 7.82. The molecule has 1 aromatic rings. The van der Waals surface area contributed by atoms with Crippen molar-refractivity contribution in [1.82, 2.24) is 10.3 Å². The van der Waals surface area contributed by atoms with Crippen LogP contribution < -0.4 is 5.32 Å². The second kappa shape index (κ2) is 8.25. The molecular formula is C13H20Br2N2O.